The van der Waals surface area contributed by atoms with Crippen LogP contribution in [0.5, 0.6) is 11.5 Å². The van der Waals surface area contributed by atoms with Crippen LogP contribution in [0.15, 0.2) is 53.3 Å². The Balaban J connectivity index is 1.79. The number of hydrogen-bond acceptors (Lipinski definition) is 6. The minimum atomic E-state index is -0.289. The molecule has 2 aromatic carbocycles. The van der Waals surface area contributed by atoms with Crippen LogP contribution in [-0.4, -0.2) is 29.4 Å². The molecule has 1 heterocycles. The Morgan fingerprint density at radius 1 is 1.00 bits per heavy atom. The number of aromatic nitrogens is 3. The highest BCUT2D eigenvalue weighted by molar-refractivity contribution is 5.52. The summed E-state index contributed by atoms with van der Waals surface area (Å²) in [7, 11) is 3.14. The van der Waals surface area contributed by atoms with E-state index < -0.39 is 0 Å². The van der Waals surface area contributed by atoms with Crippen molar-refractivity contribution >= 4 is 11.6 Å². The number of rotatable bonds is 6. The van der Waals surface area contributed by atoms with Crippen molar-refractivity contribution in [3.05, 3.63) is 70.1 Å². The molecule has 2 N–H and O–H groups in total. The standard InChI is InChI=1S/C18H18N4O3/c1-24-15-9-8-12(11-16(15)25-2)10-14-17(23)20-18(22-21-14)19-13-6-4-3-5-7-13/h3-9,11H,10H2,1-2H3,(H2,19,20,22,23). The second-order valence-electron chi connectivity index (χ2n) is 5.31. The molecule has 0 fully saturated rings. The molecule has 0 radical (unpaired) electrons. The Morgan fingerprint density at radius 3 is 2.44 bits per heavy atom. The Bertz CT molecular complexity index is 910. The maximum absolute atomic E-state index is 12.3. The summed E-state index contributed by atoms with van der Waals surface area (Å²) in [6.45, 7) is 0. The molecule has 7 heteroatoms. The second-order valence-corrected chi connectivity index (χ2v) is 5.31. The molecule has 0 unspecified atom stereocenters. The molecule has 25 heavy (non-hydrogen) atoms. The fraction of sp³-hybridized carbons (Fsp3) is 0.167. The van der Waals surface area contributed by atoms with Crippen LogP contribution >= 0.6 is 0 Å². The minimum Gasteiger partial charge on any atom is -0.493 e. The van der Waals surface area contributed by atoms with Gasteiger partial charge in [-0.1, -0.05) is 24.3 Å². The van der Waals surface area contributed by atoms with Crippen LogP contribution in [0.3, 0.4) is 0 Å². The molecule has 0 atom stereocenters. The van der Waals surface area contributed by atoms with Gasteiger partial charge in [-0.3, -0.25) is 9.78 Å². The lowest BCUT2D eigenvalue weighted by molar-refractivity contribution is 0.354. The number of H-pyrrole nitrogens is 1. The summed E-state index contributed by atoms with van der Waals surface area (Å²) in [6, 6.07) is 14.9. The molecule has 0 bridgehead atoms. The van der Waals surface area contributed by atoms with Crippen LogP contribution in [0.25, 0.3) is 0 Å². The highest BCUT2D eigenvalue weighted by Gasteiger charge is 2.09. The van der Waals surface area contributed by atoms with Crippen molar-refractivity contribution in [2.75, 3.05) is 19.5 Å². The first kappa shape index (κ1) is 16.5. The number of nitrogens with one attached hydrogen (secondary N) is 2. The predicted molar refractivity (Wildman–Crippen MR) is 94.7 cm³/mol. The number of hydrogen-bond donors (Lipinski definition) is 2. The van der Waals surface area contributed by atoms with Gasteiger partial charge < -0.3 is 14.8 Å². The molecule has 0 saturated carbocycles. The van der Waals surface area contributed by atoms with E-state index in [4.69, 9.17) is 9.47 Å². The van der Waals surface area contributed by atoms with Crippen LogP contribution in [0.1, 0.15) is 11.3 Å². The number of ether oxygens (including phenoxy) is 2. The van der Waals surface area contributed by atoms with Gasteiger partial charge in [-0.25, -0.2) is 0 Å². The van der Waals surface area contributed by atoms with E-state index in [9.17, 15) is 4.79 Å². The zero-order chi connectivity index (χ0) is 17.6. The Labute approximate surface area is 144 Å². The lowest BCUT2D eigenvalue weighted by Gasteiger charge is -2.09. The zero-order valence-corrected chi connectivity index (χ0v) is 13.9. The number of benzene rings is 2. The van der Waals surface area contributed by atoms with E-state index in [0.717, 1.165) is 11.3 Å². The van der Waals surface area contributed by atoms with E-state index in [2.05, 4.69) is 20.5 Å². The molecular formula is C18H18N4O3. The highest BCUT2D eigenvalue weighted by atomic mass is 16.5. The van der Waals surface area contributed by atoms with Gasteiger partial charge in [-0.15, -0.1) is 10.2 Å². The van der Waals surface area contributed by atoms with E-state index in [0.29, 0.717) is 29.6 Å². The topological polar surface area (TPSA) is 89.1 Å². The van der Waals surface area contributed by atoms with Gasteiger partial charge in [0, 0.05) is 12.1 Å². The third-order valence-electron chi connectivity index (χ3n) is 3.62. The third kappa shape index (κ3) is 3.95. The fourth-order valence-electron chi connectivity index (χ4n) is 2.37. The maximum Gasteiger partial charge on any atom is 0.274 e. The van der Waals surface area contributed by atoms with Crippen molar-refractivity contribution in [3.8, 4) is 11.5 Å². The summed E-state index contributed by atoms with van der Waals surface area (Å²) >= 11 is 0. The lowest BCUT2D eigenvalue weighted by atomic mass is 10.1. The SMILES string of the molecule is COc1ccc(Cc2nnc(Nc3ccccc3)[nH]c2=O)cc1OC. The molecule has 7 nitrogen and oxygen atoms in total. The Kier molecular flexibility index (Phi) is 4.94. The van der Waals surface area contributed by atoms with Gasteiger partial charge in [0.15, 0.2) is 11.5 Å². The average Bonchev–Trinajstić information content (AvgIpc) is 2.64. The Morgan fingerprint density at radius 2 is 1.76 bits per heavy atom. The van der Waals surface area contributed by atoms with E-state index >= 15 is 0 Å². The lowest BCUT2D eigenvalue weighted by Crippen LogP contribution is -2.18. The van der Waals surface area contributed by atoms with E-state index in [-0.39, 0.29) is 5.56 Å². The van der Waals surface area contributed by atoms with Gasteiger partial charge in [0.2, 0.25) is 5.95 Å². The number of nitrogens with zero attached hydrogens (tertiary/aromatic N) is 2. The molecule has 0 aliphatic heterocycles. The molecule has 0 saturated heterocycles. The van der Waals surface area contributed by atoms with Crippen LogP contribution in [0.4, 0.5) is 11.6 Å². The summed E-state index contributed by atoms with van der Waals surface area (Å²) in [4.78, 5) is 15.0. The summed E-state index contributed by atoms with van der Waals surface area (Å²) in [5.41, 5.74) is 1.73. The van der Waals surface area contributed by atoms with Gasteiger partial charge in [0.05, 0.1) is 14.2 Å². The van der Waals surface area contributed by atoms with Crippen molar-refractivity contribution in [1.82, 2.24) is 15.2 Å². The third-order valence-corrected chi connectivity index (χ3v) is 3.62. The van der Waals surface area contributed by atoms with Crippen molar-refractivity contribution in [2.45, 2.75) is 6.42 Å². The van der Waals surface area contributed by atoms with E-state index in [1.807, 2.05) is 42.5 Å². The summed E-state index contributed by atoms with van der Waals surface area (Å²) in [6.07, 6.45) is 0.342. The van der Waals surface area contributed by atoms with Crippen LogP contribution < -0.4 is 20.3 Å². The van der Waals surface area contributed by atoms with E-state index in [1.54, 1.807) is 20.3 Å². The number of para-hydroxylation sites is 1. The maximum atomic E-state index is 12.3. The minimum absolute atomic E-state index is 0.289. The summed E-state index contributed by atoms with van der Waals surface area (Å²) in [5.74, 6) is 1.53. The molecular weight excluding hydrogens is 320 g/mol. The molecule has 128 valence electrons. The van der Waals surface area contributed by atoms with Crippen molar-refractivity contribution in [2.24, 2.45) is 0 Å². The van der Waals surface area contributed by atoms with Crippen LogP contribution in [0, 0.1) is 0 Å². The van der Waals surface area contributed by atoms with Gasteiger partial charge in [0.1, 0.15) is 5.69 Å². The van der Waals surface area contributed by atoms with Crippen molar-refractivity contribution in [1.29, 1.82) is 0 Å². The second kappa shape index (κ2) is 7.48. The van der Waals surface area contributed by atoms with Crippen molar-refractivity contribution in [3.63, 3.8) is 0 Å². The highest BCUT2D eigenvalue weighted by Crippen LogP contribution is 2.28. The van der Waals surface area contributed by atoms with Crippen LogP contribution in [0.2, 0.25) is 0 Å². The normalized spacial score (nSPS) is 10.3. The smallest absolute Gasteiger partial charge is 0.274 e. The Hall–Kier alpha value is -3.35. The summed E-state index contributed by atoms with van der Waals surface area (Å²) in [5, 5.41) is 11.1. The van der Waals surface area contributed by atoms with Crippen LogP contribution in [-0.2, 0) is 6.42 Å². The molecule has 3 rings (SSSR count). The molecule has 0 aliphatic rings. The predicted octanol–water partition coefficient (Wildman–Crippen LogP) is 2.52. The van der Waals surface area contributed by atoms with Gasteiger partial charge in [0.25, 0.3) is 5.56 Å². The van der Waals surface area contributed by atoms with Gasteiger partial charge >= 0.3 is 0 Å². The van der Waals surface area contributed by atoms with Crippen molar-refractivity contribution < 1.29 is 9.47 Å². The largest absolute Gasteiger partial charge is 0.493 e. The number of anilines is 2. The molecule has 0 aliphatic carbocycles. The van der Waals surface area contributed by atoms with Gasteiger partial charge in [-0.05, 0) is 29.8 Å². The average molecular weight is 338 g/mol. The first-order valence-corrected chi connectivity index (χ1v) is 7.68. The molecule has 1 aromatic heterocycles. The monoisotopic (exact) mass is 338 g/mol. The fourth-order valence-corrected chi connectivity index (χ4v) is 2.37. The zero-order valence-electron chi connectivity index (χ0n) is 13.9. The first-order chi connectivity index (χ1) is 12.2. The number of aromatic amines is 1. The molecule has 0 amide bonds. The van der Waals surface area contributed by atoms with Gasteiger partial charge in [-0.2, -0.15) is 0 Å². The molecule has 0 spiro atoms. The first-order valence-electron chi connectivity index (χ1n) is 7.68. The van der Waals surface area contributed by atoms with E-state index in [1.165, 1.54) is 0 Å². The molecule has 3 aromatic rings. The summed E-state index contributed by atoms with van der Waals surface area (Å²) < 4.78 is 10.5. The quantitative estimate of drug-likeness (QED) is 0.718. The number of methoxy groups -OCH3 is 2.